The predicted molar refractivity (Wildman–Crippen MR) is 63.8 cm³/mol. The number of nitrogens with one attached hydrogen (secondary N) is 1. The SMILES string of the molecule is Cc1cc(N2CCNCC2)cc2ncoc12. The average Bonchev–Trinajstić information content (AvgIpc) is 2.79. The molecule has 0 amide bonds. The Morgan fingerprint density at radius 2 is 2.12 bits per heavy atom. The minimum Gasteiger partial charge on any atom is -0.443 e. The van der Waals surface area contributed by atoms with Crippen molar-refractivity contribution in [3.05, 3.63) is 24.1 Å². The third-order valence-electron chi connectivity index (χ3n) is 3.08. The first-order valence-corrected chi connectivity index (χ1v) is 5.64. The van der Waals surface area contributed by atoms with E-state index in [1.165, 1.54) is 12.1 Å². The largest absolute Gasteiger partial charge is 0.443 e. The standard InChI is InChI=1S/C12H15N3O/c1-9-6-10(15-4-2-13-3-5-15)7-11-12(9)16-8-14-11/h6-8,13H,2-5H2,1H3. The van der Waals surface area contributed by atoms with Gasteiger partial charge in [-0.2, -0.15) is 0 Å². The first kappa shape index (κ1) is 9.66. The molecule has 1 aliphatic heterocycles. The summed E-state index contributed by atoms with van der Waals surface area (Å²) in [6.45, 7) is 6.29. The van der Waals surface area contributed by atoms with Crippen molar-refractivity contribution in [2.75, 3.05) is 31.1 Å². The van der Waals surface area contributed by atoms with Gasteiger partial charge < -0.3 is 14.6 Å². The lowest BCUT2D eigenvalue weighted by atomic mass is 10.1. The second-order valence-corrected chi connectivity index (χ2v) is 4.20. The van der Waals surface area contributed by atoms with Crippen molar-refractivity contribution in [3.8, 4) is 0 Å². The molecule has 1 saturated heterocycles. The number of oxazole rings is 1. The molecule has 1 aromatic heterocycles. The van der Waals surface area contributed by atoms with Crippen LogP contribution < -0.4 is 10.2 Å². The van der Waals surface area contributed by atoms with E-state index in [0.717, 1.165) is 42.8 Å². The maximum Gasteiger partial charge on any atom is 0.181 e. The Balaban J connectivity index is 2.02. The van der Waals surface area contributed by atoms with Gasteiger partial charge in [0.1, 0.15) is 5.52 Å². The fraction of sp³-hybridized carbons (Fsp3) is 0.417. The van der Waals surface area contributed by atoms with Crippen LogP contribution in [0.1, 0.15) is 5.56 Å². The van der Waals surface area contributed by atoms with Gasteiger partial charge in [-0.25, -0.2) is 4.98 Å². The predicted octanol–water partition coefficient (Wildman–Crippen LogP) is 1.55. The van der Waals surface area contributed by atoms with Gasteiger partial charge in [0.05, 0.1) is 0 Å². The Morgan fingerprint density at radius 3 is 2.94 bits per heavy atom. The fourth-order valence-corrected chi connectivity index (χ4v) is 2.23. The van der Waals surface area contributed by atoms with Gasteiger partial charge in [-0.3, -0.25) is 0 Å². The van der Waals surface area contributed by atoms with Gasteiger partial charge in [0.2, 0.25) is 0 Å². The van der Waals surface area contributed by atoms with Gasteiger partial charge in [0, 0.05) is 31.9 Å². The molecule has 0 aliphatic carbocycles. The molecule has 2 aromatic rings. The van der Waals surface area contributed by atoms with Crippen molar-refractivity contribution in [1.29, 1.82) is 0 Å². The van der Waals surface area contributed by atoms with Crippen molar-refractivity contribution in [1.82, 2.24) is 10.3 Å². The molecule has 0 radical (unpaired) electrons. The van der Waals surface area contributed by atoms with E-state index >= 15 is 0 Å². The second kappa shape index (κ2) is 3.79. The average molecular weight is 217 g/mol. The van der Waals surface area contributed by atoms with E-state index in [2.05, 4.69) is 34.3 Å². The Labute approximate surface area is 94.3 Å². The van der Waals surface area contributed by atoms with Crippen LogP contribution in [0.5, 0.6) is 0 Å². The van der Waals surface area contributed by atoms with Crippen LogP contribution in [0.2, 0.25) is 0 Å². The highest BCUT2D eigenvalue weighted by molar-refractivity contribution is 5.80. The van der Waals surface area contributed by atoms with Crippen LogP contribution in [0.25, 0.3) is 11.1 Å². The van der Waals surface area contributed by atoms with Gasteiger partial charge in [0.25, 0.3) is 0 Å². The highest BCUT2D eigenvalue weighted by Gasteiger charge is 2.13. The van der Waals surface area contributed by atoms with Crippen LogP contribution in [0, 0.1) is 6.92 Å². The van der Waals surface area contributed by atoms with E-state index in [4.69, 9.17) is 4.42 Å². The number of aromatic nitrogens is 1. The molecule has 0 unspecified atom stereocenters. The number of fused-ring (bicyclic) bond motifs is 1. The Hall–Kier alpha value is -1.55. The Kier molecular flexibility index (Phi) is 2.29. The van der Waals surface area contributed by atoms with E-state index in [0.29, 0.717) is 0 Å². The van der Waals surface area contributed by atoms with Crippen molar-refractivity contribution >= 4 is 16.8 Å². The number of hydrogen-bond donors (Lipinski definition) is 1. The molecular formula is C12H15N3O. The lowest BCUT2D eigenvalue weighted by Crippen LogP contribution is -2.43. The van der Waals surface area contributed by atoms with E-state index < -0.39 is 0 Å². The van der Waals surface area contributed by atoms with Gasteiger partial charge >= 0.3 is 0 Å². The van der Waals surface area contributed by atoms with Gasteiger partial charge in [-0.15, -0.1) is 0 Å². The molecule has 1 N–H and O–H groups in total. The zero-order valence-corrected chi connectivity index (χ0v) is 9.36. The highest BCUT2D eigenvalue weighted by Crippen LogP contribution is 2.25. The van der Waals surface area contributed by atoms with E-state index in [9.17, 15) is 0 Å². The molecule has 0 spiro atoms. The summed E-state index contributed by atoms with van der Waals surface area (Å²) in [5.74, 6) is 0. The summed E-state index contributed by atoms with van der Waals surface area (Å²) in [6, 6.07) is 4.29. The molecule has 4 nitrogen and oxygen atoms in total. The van der Waals surface area contributed by atoms with Crippen LogP contribution in [-0.4, -0.2) is 31.2 Å². The molecule has 0 atom stereocenters. The molecule has 1 aliphatic rings. The third kappa shape index (κ3) is 1.55. The minimum absolute atomic E-state index is 0.902. The van der Waals surface area contributed by atoms with Crippen molar-refractivity contribution < 1.29 is 4.42 Å². The molecule has 16 heavy (non-hydrogen) atoms. The molecule has 1 aromatic carbocycles. The fourth-order valence-electron chi connectivity index (χ4n) is 2.23. The van der Waals surface area contributed by atoms with E-state index in [1.807, 2.05) is 0 Å². The zero-order valence-electron chi connectivity index (χ0n) is 9.36. The van der Waals surface area contributed by atoms with Crippen LogP contribution in [0.4, 0.5) is 5.69 Å². The van der Waals surface area contributed by atoms with Crippen molar-refractivity contribution in [2.45, 2.75) is 6.92 Å². The number of anilines is 1. The van der Waals surface area contributed by atoms with Gasteiger partial charge in [-0.1, -0.05) is 0 Å². The Bertz CT molecular complexity index is 500. The highest BCUT2D eigenvalue weighted by atomic mass is 16.3. The summed E-state index contributed by atoms with van der Waals surface area (Å²) in [6.07, 6.45) is 1.51. The number of nitrogens with zero attached hydrogens (tertiary/aromatic N) is 2. The number of aryl methyl sites for hydroxylation is 1. The number of rotatable bonds is 1. The lowest BCUT2D eigenvalue weighted by Gasteiger charge is -2.29. The first-order valence-electron chi connectivity index (χ1n) is 5.64. The maximum absolute atomic E-state index is 5.35. The van der Waals surface area contributed by atoms with Crippen LogP contribution in [0.3, 0.4) is 0 Å². The first-order chi connectivity index (χ1) is 7.84. The molecule has 3 rings (SSSR count). The monoisotopic (exact) mass is 217 g/mol. The molecule has 0 bridgehead atoms. The Morgan fingerprint density at radius 1 is 1.31 bits per heavy atom. The summed E-state index contributed by atoms with van der Waals surface area (Å²) < 4.78 is 5.35. The molecule has 84 valence electrons. The van der Waals surface area contributed by atoms with Gasteiger partial charge in [0.15, 0.2) is 12.0 Å². The van der Waals surface area contributed by atoms with Crippen LogP contribution in [0.15, 0.2) is 22.9 Å². The van der Waals surface area contributed by atoms with E-state index in [-0.39, 0.29) is 0 Å². The molecule has 2 heterocycles. The topological polar surface area (TPSA) is 41.3 Å². The normalized spacial score (nSPS) is 16.9. The number of piperazine rings is 1. The quantitative estimate of drug-likeness (QED) is 0.786. The summed E-state index contributed by atoms with van der Waals surface area (Å²) in [5.41, 5.74) is 4.26. The molecule has 1 fully saturated rings. The zero-order chi connectivity index (χ0) is 11.0. The summed E-state index contributed by atoms with van der Waals surface area (Å²) in [7, 11) is 0. The summed E-state index contributed by atoms with van der Waals surface area (Å²) in [5, 5.41) is 3.36. The maximum atomic E-state index is 5.35. The van der Waals surface area contributed by atoms with Crippen LogP contribution in [-0.2, 0) is 0 Å². The molecular weight excluding hydrogens is 202 g/mol. The van der Waals surface area contributed by atoms with Crippen molar-refractivity contribution in [2.24, 2.45) is 0 Å². The number of hydrogen-bond acceptors (Lipinski definition) is 4. The molecule has 0 saturated carbocycles. The second-order valence-electron chi connectivity index (χ2n) is 4.20. The molecule has 4 heteroatoms. The smallest absolute Gasteiger partial charge is 0.181 e. The summed E-state index contributed by atoms with van der Waals surface area (Å²) >= 11 is 0. The minimum atomic E-state index is 0.902. The van der Waals surface area contributed by atoms with Gasteiger partial charge in [-0.05, 0) is 24.6 Å². The third-order valence-corrected chi connectivity index (χ3v) is 3.08. The van der Waals surface area contributed by atoms with Crippen molar-refractivity contribution in [3.63, 3.8) is 0 Å². The number of benzene rings is 1. The van der Waals surface area contributed by atoms with E-state index in [1.54, 1.807) is 0 Å². The summed E-state index contributed by atoms with van der Waals surface area (Å²) in [4.78, 5) is 6.61. The van der Waals surface area contributed by atoms with Crippen LogP contribution >= 0.6 is 0 Å². The lowest BCUT2D eigenvalue weighted by molar-refractivity contribution is 0.588.